The Kier molecular flexibility index (Phi) is 6.26. The minimum Gasteiger partial charge on any atom is -0.388 e. The summed E-state index contributed by atoms with van der Waals surface area (Å²) in [5.74, 6) is -0.732. The fourth-order valence-corrected chi connectivity index (χ4v) is 2.30. The van der Waals surface area contributed by atoms with E-state index in [1.54, 1.807) is 13.2 Å². The highest BCUT2D eigenvalue weighted by Gasteiger charge is 2.13. The van der Waals surface area contributed by atoms with E-state index in [1.807, 2.05) is 24.3 Å². The van der Waals surface area contributed by atoms with Gasteiger partial charge in [-0.15, -0.1) is 0 Å². The molecule has 0 aromatic heterocycles. The molecule has 2 N–H and O–H groups in total. The Morgan fingerprint density at radius 1 is 1.22 bits per heavy atom. The zero-order valence-electron chi connectivity index (χ0n) is 13.0. The third kappa shape index (κ3) is 5.16. The van der Waals surface area contributed by atoms with Crippen LogP contribution in [0, 0.1) is 5.82 Å². The normalized spacial score (nSPS) is 12.0. The van der Waals surface area contributed by atoms with Crippen molar-refractivity contribution in [3.05, 3.63) is 71.0 Å². The average Bonchev–Trinajstić information content (AvgIpc) is 2.54. The molecular weight excluding hydrogens is 297 g/mol. The molecule has 0 bridgehead atoms. The third-order valence-corrected chi connectivity index (χ3v) is 3.51. The number of methoxy groups -OCH3 is 1. The lowest BCUT2D eigenvalue weighted by atomic mass is 10.1. The molecule has 0 aliphatic heterocycles. The highest BCUT2D eigenvalue weighted by molar-refractivity contribution is 5.76. The predicted molar refractivity (Wildman–Crippen MR) is 85.0 cm³/mol. The number of ether oxygens (including phenoxy) is 1. The first-order chi connectivity index (χ1) is 11.1. The van der Waals surface area contributed by atoms with E-state index in [4.69, 9.17) is 4.74 Å². The van der Waals surface area contributed by atoms with Crippen LogP contribution in [-0.2, 0) is 22.7 Å². The molecule has 0 radical (unpaired) electrons. The first-order valence-electron chi connectivity index (χ1n) is 7.36. The van der Waals surface area contributed by atoms with Crippen LogP contribution in [-0.4, -0.2) is 18.1 Å². The van der Waals surface area contributed by atoms with Gasteiger partial charge in [0.2, 0.25) is 5.91 Å². The van der Waals surface area contributed by atoms with E-state index < -0.39 is 11.9 Å². The van der Waals surface area contributed by atoms with Crippen LogP contribution in [0.3, 0.4) is 0 Å². The zero-order chi connectivity index (χ0) is 16.7. The Bertz CT molecular complexity index is 660. The maximum atomic E-state index is 13.1. The molecule has 0 saturated carbocycles. The van der Waals surface area contributed by atoms with Crippen molar-refractivity contribution in [3.63, 3.8) is 0 Å². The van der Waals surface area contributed by atoms with Gasteiger partial charge < -0.3 is 15.2 Å². The number of rotatable bonds is 7. The van der Waals surface area contributed by atoms with Crippen LogP contribution < -0.4 is 5.32 Å². The first-order valence-corrected chi connectivity index (χ1v) is 7.36. The summed E-state index contributed by atoms with van der Waals surface area (Å²) in [6.07, 6.45) is -1.14. The molecule has 0 saturated heterocycles. The molecule has 1 atom stereocenters. The van der Waals surface area contributed by atoms with Crippen LogP contribution in [0.25, 0.3) is 0 Å². The van der Waals surface area contributed by atoms with E-state index >= 15 is 0 Å². The molecule has 4 nitrogen and oxygen atoms in total. The maximum Gasteiger partial charge on any atom is 0.223 e. The minimum atomic E-state index is -1.03. The van der Waals surface area contributed by atoms with Gasteiger partial charge in [-0.2, -0.15) is 0 Å². The fraction of sp³-hybridized carbons (Fsp3) is 0.278. The van der Waals surface area contributed by atoms with Crippen molar-refractivity contribution in [2.75, 3.05) is 7.11 Å². The summed E-state index contributed by atoms with van der Waals surface area (Å²) in [6, 6.07) is 13.3. The summed E-state index contributed by atoms with van der Waals surface area (Å²) in [6.45, 7) is 0.826. The second kappa shape index (κ2) is 8.41. The molecule has 2 rings (SSSR count). The van der Waals surface area contributed by atoms with Crippen molar-refractivity contribution in [2.45, 2.75) is 25.7 Å². The van der Waals surface area contributed by atoms with Crippen molar-refractivity contribution < 1.29 is 19.0 Å². The molecule has 0 aliphatic rings. The number of nitrogens with one attached hydrogen (secondary N) is 1. The van der Waals surface area contributed by atoms with Crippen LogP contribution in [0.4, 0.5) is 4.39 Å². The van der Waals surface area contributed by atoms with Gasteiger partial charge in [-0.1, -0.05) is 36.4 Å². The van der Waals surface area contributed by atoms with Crippen molar-refractivity contribution in [1.29, 1.82) is 0 Å². The van der Waals surface area contributed by atoms with E-state index in [9.17, 15) is 14.3 Å². The number of halogens is 1. The number of aliphatic hydroxyl groups excluding tert-OH is 1. The minimum absolute atomic E-state index is 0.115. The van der Waals surface area contributed by atoms with Crippen LogP contribution in [0.15, 0.2) is 48.5 Å². The van der Waals surface area contributed by atoms with Gasteiger partial charge >= 0.3 is 0 Å². The van der Waals surface area contributed by atoms with Gasteiger partial charge in [-0.25, -0.2) is 4.39 Å². The second-order valence-electron chi connectivity index (χ2n) is 5.25. The number of aliphatic hydroxyl groups is 1. The lowest BCUT2D eigenvalue weighted by molar-refractivity contribution is -0.123. The highest BCUT2D eigenvalue weighted by Crippen LogP contribution is 2.17. The van der Waals surface area contributed by atoms with E-state index in [1.165, 1.54) is 18.2 Å². The molecule has 0 fully saturated rings. The number of benzene rings is 2. The molecule has 2 aromatic carbocycles. The Balaban J connectivity index is 1.90. The Morgan fingerprint density at radius 2 is 1.96 bits per heavy atom. The van der Waals surface area contributed by atoms with Gasteiger partial charge in [0, 0.05) is 13.7 Å². The molecular formula is C18H20FNO3. The van der Waals surface area contributed by atoms with Crippen molar-refractivity contribution >= 4 is 5.91 Å². The maximum absolute atomic E-state index is 13.1. The summed E-state index contributed by atoms with van der Waals surface area (Å²) >= 11 is 0. The van der Waals surface area contributed by atoms with E-state index in [-0.39, 0.29) is 12.3 Å². The number of hydrogen-bond acceptors (Lipinski definition) is 3. The number of carbonyl (C=O) groups excluding carboxylic acids is 1. The Labute approximate surface area is 134 Å². The largest absolute Gasteiger partial charge is 0.388 e. The van der Waals surface area contributed by atoms with Crippen LogP contribution in [0.2, 0.25) is 0 Å². The quantitative estimate of drug-likeness (QED) is 0.825. The first kappa shape index (κ1) is 17.1. The Morgan fingerprint density at radius 3 is 2.65 bits per heavy atom. The average molecular weight is 317 g/mol. The van der Waals surface area contributed by atoms with E-state index in [0.717, 1.165) is 11.1 Å². The summed E-state index contributed by atoms with van der Waals surface area (Å²) in [4.78, 5) is 12.0. The molecule has 0 heterocycles. The van der Waals surface area contributed by atoms with Crippen LogP contribution in [0.1, 0.15) is 29.2 Å². The number of carbonyl (C=O) groups is 1. The zero-order valence-corrected chi connectivity index (χ0v) is 13.0. The Hall–Kier alpha value is -2.24. The molecule has 5 heteroatoms. The van der Waals surface area contributed by atoms with Gasteiger partial charge in [0.1, 0.15) is 5.82 Å². The molecule has 23 heavy (non-hydrogen) atoms. The topological polar surface area (TPSA) is 58.6 Å². The monoisotopic (exact) mass is 317 g/mol. The predicted octanol–water partition coefficient (Wildman–Crippen LogP) is 2.71. The van der Waals surface area contributed by atoms with E-state index in [2.05, 4.69) is 5.32 Å². The molecule has 1 amide bonds. The van der Waals surface area contributed by atoms with Gasteiger partial charge in [-0.05, 0) is 28.8 Å². The number of amides is 1. The van der Waals surface area contributed by atoms with Gasteiger partial charge in [0.25, 0.3) is 0 Å². The van der Waals surface area contributed by atoms with Crippen molar-refractivity contribution in [2.24, 2.45) is 0 Å². The number of hydrogen-bond donors (Lipinski definition) is 2. The van der Waals surface area contributed by atoms with Crippen LogP contribution >= 0.6 is 0 Å². The second-order valence-corrected chi connectivity index (χ2v) is 5.25. The van der Waals surface area contributed by atoms with Crippen LogP contribution in [0.5, 0.6) is 0 Å². The van der Waals surface area contributed by atoms with Gasteiger partial charge in [0.05, 0.1) is 19.1 Å². The third-order valence-electron chi connectivity index (χ3n) is 3.51. The molecule has 2 aromatic rings. The standard InChI is InChI=1S/C18H20FNO3/c1-23-12-15-6-3-2-5-14(15)11-20-18(22)10-17(21)13-7-4-8-16(19)9-13/h2-9,17,21H,10-12H2,1H3,(H,20,22). The molecule has 1 unspecified atom stereocenters. The van der Waals surface area contributed by atoms with Gasteiger partial charge in [0.15, 0.2) is 0 Å². The summed E-state index contributed by atoms with van der Waals surface area (Å²) in [5.41, 5.74) is 2.35. The fourth-order valence-electron chi connectivity index (χ4n) is 2.30. The van der Waals surface area contributed by atoms with Crippen molar-refractivity contribution in [3.8, 4) is 0 Å². The summed E-state index contributed by atoms with van der Waals surface area (Å²) in [7, 11) is 1.62. The molecule has 122 valence electrons. The van der Waals surface area contributed by atoms with Crippen molar-refractivity contribution in [1.82, 2.24) is 5.32 Å². The summed E-state index contributed by atoms with van der Waals surface area (Å²) in [5, 5.41) is 12.8. The molecule has 0 spiro atoms. The highest BCUT2D eigenvalue weighted by atomic mass is 19.1. The lowest BCUT2D eigenvalue weighted by Gasteiger charge is -2.13. The SMILES string of the molecule is COCc1ccccc1CNC(=O)CC(O)c1cccc(F)c1. The lowest BCUT2D eigenvalue weighted by Crippen LogP contribution is -2.25. The van der Waals surface area contributed by atoms with Gasteiger partial charge in [-0.3, -0.25) is 4.79 Å². The van der Waals surface area contributed by atoms with E-state index in [0.29, 0.717) is 18.7 Å². The summed E-state index contributed by atoms with van der Waals surface area (Å²) < 4.78 is 18.2. The smallest absolute Gasteiger partial charge is 0.223 e. The molecule has 0 aliphatic carbocycles.